The van der Waals surface area contributed by atoms with E-state index in [2.05, 4.69) is 10.4 Å². The summed E-state index contributed by atoms with van der Waals surface area (Å²) in [5.41, 5.74) is 6.18. The van der Waals surface area contributed by atoms with Crippen LogP contribution in [0.5, 0.6) is 0 Å². The normalized spacial score (nSPS) is 9.64. The van der Waals surface area contributed by atoms with E-state index in [-0.39, 0.29) is 5.82 Å². The Balaban J connectivity index is 3.21. The first-order valence-corrected chi connectivity index (χ1v) is 3.20. The monoisotopic (exact) mass is 154 g/mol. The van der Waals surface area contributed by atoms with Crippen molar-refractivity contribution in [2.75, 3.05) is 18.1 Å². The fourth-order valence-electron chi connectivity index (χ4n) is 0.733. The van der Waals surface area contributed by atoms with Crippen LogP contribution in [0.2, 0.25) is 0 Å². The van der Waals surface area contributed by atoms with E-state index in [0.29, 0.717) is 10.7 Å². The molecular formula is C6H10N4O. The van der Waals surface area contributed by atoms with Gasteiger partial charge in [-0.2, -0.15) is 0 Å². The molecule has 1 aromatic rings. The lowest BCUT2D eigenvalue weighted by Gasteiger charge is -2.06. The lowest BCUT2D eigenvalue weighted by Crippen LogP contribution is -2.35. The minimum absolute atomic E-state index is 0.263. The maximum Gasteiger partial charge on any atom is 0.299 e. The van der Waals surface area contributed by atoms with Gasteiger partial charge in [0.15, 0.2) is 5.82 Å². The topological polar surface area (TPSA) is 77.9 Å². The van der Waals surface area contributed by atoms with Gasteiger partial charge in [-0.1, -0.05) is 5.10 Å². The van der Waals surface area contributed by atoms with Gasteiger partial charge in [0, 0.05) is 11.6 Å². The van der Waals surface area contributed by atoms with Crippen molar-refractivity contribution < 1.29 is 4.85 Å². The summed E-state index contributed by atoms with van der Waals surface area (Å²) in [7, 11) is 1.65. The number of nitrogen functional groups attached to an aromatic ring is 1. The van der Waals surface area contributed by atoms with Crippen LogP contribution < -0.4 is 15.9 Å². The van der Waals surface area contributed by atoms with Crippen molar-refractivity contribution in [2.24, 2.45) is 0 Å². The smallest absolute Gasteiger partial charge is 0.299 e. The van der Waals surface area contributed by atoms with Gasteiger partial charge in [0.2, 0.25) is 0 Å². The van der Waals surface area contributed by atoms with Gasteiger partial charge in [0.1, 0.15) is 0 Å². The molecule has 3 N–H and O–H groups in total. The average Bonchev–Trinajstić information content (AvgIpc) is 1.97. The molecule has 0 radical (unpaired) electrons. The first-order chi connectivity index (χ1) is 5.15. The van der Waals surface area contributed by atoms with Gasteiger partial charge in [0.05, 0.1) is 7.05 Å². The van der Waals surface area contributed by atoms with Gasteiger partial charge in [-0.3, -0.25) is 5.32 Å². The zero-order valence-corrected chi connectivity index (χ0v) is 6.46. The molecule has 0 spiro atoms. The van der Waals surface area contributed by atoms with Crippen LogP contribution >= 0.6 is 0 Å². The number of rotatable bonds is 1. The third-order valence-corrected chi connectivity index (χ3v) is 1.42. The summed E-state index contributed by atoms with van der Waals surface area (Å²) in [6.45, 7) is 1.79. The molecule has 0 saturated carbocycles. The molecule has 0 fully saturated rings. The van der Waals surface area contributed by atoms with Crippen LogP contribution in [-0.2, 0) is 0 Å². The van der Waals surface area contributed by atoms with Gasteiger partial charge < -0.3 is 10.9 Å². The Morgan fingerprint density at radius 1 is 1.73 bits per heavy atom. The standard InChI is InChI=1S/C6H10N4O/c1-4-3-5(8-2)10(11)9-6(4)7/h3,8H,1-2H3,(H2,7,9). The van der Waals surface area contributed by atoms with Crippen LogP contribution in [0.15, 0.2) is 6.07 Å². The van der Waals surface area contributed by atoms with E-state index >= 15 is 0 Å². The number of nitrogens with one attached hydrogen (secondary N) is 1. The predicted octanol–water partition coefficient (Wildman–Crippen LogP) is -0.353. The molecule has 11 heavy (non-hydrogen) atoms. The van der Waals surface area contributed by atoms with Crippen molar-refractivity contribution in [1.82, 2.24) is 5.10 Å². The summed E-state index contributed by atoms with van der Waals surface area (Å²) in [6, 6.07) is 1.65. The Hall–Kier alpha value is -1.52. The summed E-state index contributed by atoms with van der Waals surface area (Å²) >= 11 is 0. The molecule has 0 atom stereocenters. The molecular weight excluding hydrogens is 144 g/mol. The molecule has 60 valence electrons. The molecule has 0 aromatic carbocycles. The summed E-state index contributed by atoms with van der Waals surface area (Å²) < 4.78 is 0. The van der Waals surface area contributed by atoms with Crippen LogP contribution in [0, 0.1) is 12.1 Å². The SMILES string of the molecule is CNc1cc(C)c(N)n[n+]1[O-]. The number of nitrogens with zero attached hydrogens (tertiary/aromatic N) is 2. The number of hydrogen-bond acceptors (Lipinski definition) is 4. The predicted molar refractivity (Wildman–Crippen MR) is 41.9 cm³/mol. The summed E-state index contributed by atoms with van der Waals surface area (Å²) in [5, 5.41) is 17.1. The second-order valence-electron chi connectivity index (χ2n) is 2.22. The maximum absolute atomic E-state index is 10.9. The minimum Gasteiger partial charge on any atom is -0.691 e. The van der Waals surface area contributed by atoms with Gasteiger partial charge in [-0.05, 0) is 6.92 Å². The summed E-state index contributed by atoms with van der Waals surface area (Å²) in [5.74, 6) is 0.663. The Bertz CT molecular complexity index is 274. The van der Waals surface area contributed by atoms with Gasteiger partial charge >= 0.3 is 0 Å². The molecule has 5 heteroatoms. The number of anilines is 2. The first-order valence-electron chi connectivity index (χ1n) is 3.20. The second-order valence-corrected chi connectivity index (χ2v) is 2.22. The highest BCUT2D eigenvalue weighted by atomic mass is 16.5. The molecule has 0 aliphatic carbocycles. The van der Waals surface area contributed by atoms with Crippen molar-refractivity contribution in [1.29, 1.82) is 0 Å². The number of nitrogens with two attached hydrogens (primary N) is 1. The number of aryl methyl sites for hydroxylation is 1. The van der Waals surface area contributed by atoms with Crippen molar-refractivity contribution in [3.63, 3.8) is 0 Å². The van der Waals surface area contributed by atoms with E-state index in [1.54, 1.807) is 20.0 Å². The largest absolute Gasteiger partial charge is 0.691 e. The van der Waals surface area contributed by atoms with E-state index in [9.17, 15) is 5.21 Å². The third-order valence-electron chi connectivity index (χ3n) is 1.42. The fraction of sp³-hybridized carbons (Fsp3) is 0.333. The van der Waals surface area contributed by atoms with Crippen molar-refractivity contribution in [2.45, 2.75) is 6.92 Å². The van der Waals surface area contributed by atoms with E-state index in [1.807, 2.05) is 0 Å². The first kappa shape index (κ1) is 7.59. The second kappa shape index (κ2) is 2.61. The lowest BCUT2D eigenvalue weighted by molar-refractivity contribution is -0.653. The van der Waals surface area contributed by atoms with E-state index in [1.165, 1.54) is 0 Å². The number of hydrogen-bond donors (Lipinski definition) is 2. The maximum atomic E-state index is 10.9. The van der Waals surface area contributed by atoms with Crippen molar-refractivity contribution in [3.8, 4) is 0 Å². The Labute approximate surface area is 64.4 Å². The Kier molecular flexibility index (Phi) is 1.80. The lowest BCUT2D eigenvalue weighted by atomic mass is 10.3. The molecule has 0 saturated heterocycles. The van der Waals surface area contributed by atoms with E-state index < -0.39 is 0 Å². The molecule has 5 nitrogen and oxygen atoms in total. The zero-order chi connectivity index (χ0) is 8.43. The van der Waals surface area contributed by atoms with Crippen LogP contribution in [0.1, 0.15) is 5.56 Å². The molecule has 0 aliphatic rings. The summed E-state index contributed by atoms with van der Waals surface area (Å²) in [6.07, 6.45) is 0. The van der Waals surface area contributed by atoms with Gasteiger partial charge in [-0.25, -0.2) is 0 Å². The van der Waals surface area contributed by atoms with Gasteiger partial charge in [-0.15, -0.1) is 4.85 Å². The van der Waals surface area contributed by atoms with Crippen LogP contribution in [0.3, 0.4) is 0 Å². The third kappa shape index (κ3) is 1.31. The van der Waals surface area contributed by atoms with Crippen LogP contribution in [-0.4, -0.2) is 12.1 Å². The highest BCUT2D eigenvalue weighted by molar-refractivity contribution is 5.42. The zero-order valence-electron chi connectivity index (χ0n) is 6.46. The highest BCUT2D eigenvalue weighted by Crippen LogP contribution is 2.07. The highest BCUT2D eigenvalue weighted by Gasteiger charge is 2.04. The van der Waals surface area contributed by atoms with Crippen LogP contribution in [0.25, 0.3) is 0 Å². The molecule has 0 unspecified atom stereocenters. The Morgan fingerprint density at radius 2 is 2.36 bits per heavy atom. The Morgan fingerprint density at radius 3 is 2.91 bits per heavy atom. The van der Waals surface area contributed by atoms with E-state index in [0.717, 1.165) is 5.56 Å². The van der Waals surface area contributed by atoms with Crippen molar-refractivity contribution in [3.05, 3.63) is 16.8 Å². The average molecular weight is 154 g/mol. The molecule has 1 aromatic heterocycles. The number of aromatic nitrogens is 2. The molecule has 0 bridgehead atoms. The molecule has 0 amide bonds. The van der Waals surface area contributed by atoms with Crippen LogP contribution in [0.4, 0.5) is 11.6 Å². The van der Waals surface area contributed by atoms with Gasteiger partial charge in [0.25, 0.3) is 5.82 Å². The molecule has 0 aliphatic heterocycles. The van der Waals surface area contributed by atoms with Crippen molar-refractivity contribution >= 4 is 11.6 Å². The van der Waals surface area contributed by atoms with E-state index in [4.69, 9.17) is 5.73 Å². The molecule has 1 heterocycles. The fourth-order valence-corrected chi connectivity index (χ4v) is 0.733. The minimum atomic E-state index is 0.263. The quantitative estimate of drug-likeness (QED) is 0.428. The summed E-state index contributed by atoms with van der Waals surface area (Å²) in [4.78, 5) is 0.461. The molecule has 1 rings (SSSR count).